The zero-order valence-corrected chi connectivity index (χ0v) is 9.24. The molecule has 78 valence electrons. The Hall–Kier alpha value is -0.760. The van der Waals surface area contributed by atoms with Crippen molar-refractivity contribution < 1.29 is 4.39 Å². The minimum atomic E-state index is -0.421. The first-order valence-electron chi connectivity index (χ1n) is 4.80. The summed E-state index contributed by atoms with van der Waals surface area (Å²) >= 11 is 5.77. The normalized spacial score (nSPS) is 12.9. The van der Waals surface area contributed by atoms with Crippen LogP contribution in [-0.4, -0.2) is 0 Å². The molecule has 0 heterocycles. The molecule has 1 nitrogen and oxygen atoms in total. The molecule has 0 radical (unpaired) electrons. The van der Waals surface area contributed by atoms with Gasteiger partial charge >= 0.3 is 0 Å². The van der Waals surface area contributed by atoms with Crippen LogP contribution in [0.1, 0.15) is 38.2 Å². The van der Waals surface area contributed by atoms with Crippen LogP contribution in [0.25, 0.3) is 0 Å². The average molecular weight is 216 g/mol. The molecule has 0 aliphatic heterocycles. The highest BCUT2D eigenvalue weighted by atomic mass is 35.5. The maximum atomic E-state index is 13.2. The van der Waals surface area contributed by atoms with E-state index in [1.54, 1.807) is 6.07 Å². The zero-order valence-electron chi connectivity index (χ0n) is 8.48. The minimum absolute atomic E-state index is 0.232. The van der Waals surface area contributed by atoms with E-state index in [9.17, 15) is 4.39 Å². The van der Waals surface area contributed by atoms with Gasteiger partial charge in [0, 0.05) is 5.02 Å². The first-order valence-corrected chi connectivity index (χ1v) is 5.18. The summed E-state index contributed by atoms with van der Waals surface area (Å²) in [6.07, 6.45) is 2.04. The summed E-state index contributed by atoms with van der Waals surface area (Å²) in [5, 5.41) is 0.412. The third-order valence-corrected chi connectivity index (χ3v) is 2.60. The molecule has 1 rings (SSSR count). The molecule has 0 spiro atoms. The van der Waals surface area contributed by atoms with Gasteiger partial charge in [-0.25, -0.2) is 4.39 Å². The lowest BCUT2D eigenvalue weighted by Gasteiger charge is -2.14. The molecular formula is C11H15ClFN. The number of hydrogen-bond donors (Lipinski definition) is 1. The van der Waals surface area contributed by atoms with E-state index >= 15 is 0 Å². The van der Waals surface area contributed by atoms with Gasteiger partial charge in [-0.2, -0.15) is 0 Å². The third kappa shape index (κ3) is 2.38. The highest BCUT2D eigenvalue weighted by Crippen LogP contribution is 2.30. The molecule has 2 N–H and O–H groups in total. The van der Waals surface area contributed by atoms with Crippen LogP contribution in [0.5, 0.6) is 0 Å². The van der Waals surface area contributed by atoms with Crippen molar-refractivity contribution in [2.45, 2.75) is 32.6 Å². The van der Waals surface area contributed by atoms with E-state index in [-0.39, 0.29) is 11.6 Å². The molecule has 0 bridgehead atoms. The van der Waals surface area contributed by atoms with Gasteiger partial charge in [-0.15, -0.1) is 0 Å². The Labute approximate surface area is 89.1 Å². The first kappa shape index (κ1) is 11.3. The van der Waals surface area contributed by atoms with E-state index in [1.807, 2.05) is 6.92 Å². The number of hydrogen-bond acceptors (Lipinski definition) is 1. The summed E-state index contributed by atoms with van der Waals surface area (Å²) in [6.45, 7) is 4.12. The summed E-state index contributed by atoms with van der Waals surface area (Å²) < 4.78 is 13.2. The molecule has 14 heavy (non-hydrogen) atoms. The van der Waals surface area contributed by atoms with Gasteiger partial charge in [0.1, 0.15) is 5.82 Å². The van der Waals surface area contributed by atoms with Crippen LogP contribution in [0.2, 0.25) is 5.02 Å². The van der Waals surface area contributed by atoms with Crippen molar-refractivity contribution in [3.8, 4) is 0 Å². The molecule has 1 aromatic carbocycles. The Morgan fingerprint density at radius 2 is 2.14 bits per heavy atom. The first-order chi connectivity index (χ1) is 6.56. The van der Waals surface area contributed by atoms with Gasteiger partial charge in [-0.05, 0) is 30.0 Å². The molecule has 0 amide bonds. The van der Waals surface area contributed by atoms with Crippen LogP contribution in [0.3, 0.4) is 0 Å². The van der Waals surface area contributed by atoms with Gasteiger partial charge in [-0.3, -0.25) is 0 Å². The minimum Gasteiger partial charge on any atom is -0.396 e. The standard InChI is InChI=1S/C11H15ClFN/c1-3-4-7(2)9-5-8(12)6-10(13)11(9)14/h5-7H,3-4,14H2,1-2H3. The van der Waals surface area contributed by atoms with Crippen LogP contribution in [-0.2, 0) is 0 Å². The van der Waals surface area contributed by atoms with E-state index in [0.717, 1.165) is 18.4 Å². The van der Waals surface area contributed by atoms with Crippen molar-refractivity contribution in [1.29, 1.82) is 0 Å². The van der Waals surface area contributed by atoms with Crippen molar-refractivity contribution >= 4 is 17.3 Å². The topological polar surface area (TPSA) is 26.0 Å². The van der Waals surface area contributed by atoms with E-state index in [0.29, 0.717) is 5.02 Å². The molecule has 0 aromatic heterocycles. The highest BCUT2D eigenvalue weighted by molar-refractivity contribution is 6.30. The molecule has 0 saturated heterocycles. The van der Waals surface area contributed by atoms with Gasteiger partial charge < -0.3 is 5.73 Å². The van der Waals surface area contributed by atoms with E-state index in [2.05, 4.69) is 6.92 Å². The average Bonchev–Trinajstić information content (AvgIpc) is 2.11. The van der Waals surface area contributed by atoms with Crippen molar-refractivity contribution in [2.75, 3.05) is 5.73 Å². The maximum Gasteiger partial charge on any atom is 0.147 e. The Balaban J connectivity index is 3.07. The van der Waals surface area contributed by atoms with Crippen molar-refractivity contribution in [3.63, 3.8) is 0 Å². The van der Waals surface area contributed by atoms with Crippen LogP contribution < -0.4 is 5.73 Å². The number of benzene rings is 1. The largest absolute Gasteiger partial charge is 0.396 e. The summed E-state index contributed by atoms with van der Waals surface area (Å²) in [5.74, 6) is -0.163. The zero-order chi connectivity index (χ0) is 10.7. The Morgan fingerprint density at radius 1 is 1.50 bits per heavy atom. The molecular weight excluding hydrogens is 201 g/mol. The number of anilines is 1. The van der Waals surface area contributed by atoms with Crippen LogP contribution in [0.4, 0.5) is 10.1 Å². The molecule has 0 fully saturated rings. The summed E-state index contributed by atoms with van der Waals surface area (Å²) in [6, 6.07) is 3.00. The molecule has 0 aliphatic rings. The second-order valence-corrected chi connectivity index (χ2v) is 4.02. The number of nitrogens with two attached hydrogens (primary N) is 1. The second kappa shape index (κ2) is 4.65. The van der Waals surface area contributed by atoms with Crippen molar-refractivity contribution in [3.05, 3.63) is 28.5 Å². The molecule has 0 saturated carbocycles. The van der Waals surface area contributed by atoms with Crippen LogP contribution >= 0.6 is 11.6 Å². The third-order valence-electron chi connectivity index (χ3n) is 2.38. The van der Waals surface area contributed by atoms with Gasteiger partial charge in [0.2, 0.25) is 0 Å². The predicted octanol–water partition coefficient (Wildman–Crippen LogP) is 3.96. The molecule has 0 aliphatic carbocycles. The van der Waals surface area contributed by atoms with Crippen molar-refractivity contribution in [2.24, 2.45) is 0 Å². The maximum absolute atomic E-state index is 13.2. The molecule has 1 aromatic rings. The fraction of sp³-hybridized carbons (Fsp3) is 0.455. The van der Waals surface area contributed by atoms with Gasteiger partial charge in [0.15, 0.2) is 0 Å². The smallest absolute Gasteiger partial charge is 0.147 e. The quantitative estimate of drug-likeness (QED) is 0.759. The van der Waals surface area contributed by atoms with Crippen LogP contribution in [0, 0.1) is 5.82 Å². The fourth-order valence-corrected chi connectivity index (χ4v) is 1.81. The Morgan fingerprint density at radius 3 is 2.71 bits per heavy atom. The van der Waals surface area contributed by atoms with Gasteiger partial charge in [0.25, 0.3) is 0 Å². The van der Waals surface area contributed by atoms with E-state index < -0.39 is 5.82 Å². The highest BCUT2D eigenvalue weighted by Gasteiger charge is 2.12. The second-order valence-electron chi connectivity index (χ2n) is 3.58. The summed E-state index contributed by atoms with van der Waals surface area (Å²) in [4.78, 5) is 0. The Kier molecular flexibility index (Phi) is 3.76. The lowest BCUT2D eigenvalue weighted by atomic mass is 9.95. The molecule has 3 heteroatoms. The number of nitrogen functional groups attached to an aromatic ring is 1. The molecule has 1 unspecified atom stereocenters. The van der Waals surface area contributed by atoms with Crippen molar-refractivity contribution in [1.82, 2.24) is 0 Å². The van der Waals surface area contributed by atoms with E-state index in [4.69, 9.17) is 17.3 Å². The monoisotopic (exact) mass is 215 g/mol. The lowest BCUT2D eigenvalue weighted by molar-refractivity contribution is 0.619. The SMILES string of the molecule is CCCC(C)c1cc(Cl)cc(F)c1N. The number of halogens is 2. The lowest BCUT2D eigenvalue weighted by Crippen LogP contribution is -2.02. The van der Waals surface area contributed by atoms with Crippen LogP contribution in [0.15, 0.2) is 12.1 Å². The Bertz CT molecular complexity index is 325. The fourth-order valence-electron chi connectivity index (χ4n) is 1.60. The van der Waals surface area contributed by atoms with Gasteiger partial charge in [0.05, 0.1) is 5.69 Å². The van der Waals surface area contributed by atoms with E-state index in [1.165, 1.54) is 6.07 Å². The summed E-state index contributed by atoms with van der Waals surface area (Å²) in [5.41, 5.74) is 6.70. The predicted molar refractivity (Wildman–Crippen MR) is 59.1 cm³/mol. The number of rotatable bonds is 3. The summed E-state index contributed by atoms with van der Waals surface area (Å²) in [7, 11) is 0. The van der Waals surface area contributed by atoms with Gasteiger partial charge in [-0.1, -0.05) is 31.9 Å². The molecule has 1 atom stereocenters.